The van der Waals surface area contributed by atoms with Gasteiger partial charge >= 0.3 is 6.36 Å². The smallest absolute Gasteiger partial charge is 0.507 e. The number of fused-ring (bicyclic) bond motifs is 1. The van der Waals surface area contributed by atoms with E-state index in [0.29, 0.717) is 6.54 Å². The van der Waals surface area contributed by atoms with Crippen LogP contribution in [-0.4, -0.2) is 18.2 Å². The van der Waals surface area contributed by atoms with E-state index in [1.807, 2.05) is 11.8 Å². The lowest BCUT2D eigenvalue weighted by molar-refractivity contribution is -0.274. The van der Waals surface area contributed by atoms with Crippen LogP contribution in [-0.2, 0) is 6.54 Å². The second kappa shape index (κ2) is 7.78. The topological polar surface area (TPSA) is 41.9 Å². The molecule has 1 unspecified atom stereocenters. The maximum absolute atomic E-state index is 12.4. The van der Waals surface area contributed by atoms with Gasteiger partial charge in [-0.15, -0.1) is 13.2 Å². The van der Waals surface area contributed by atoms with Crippen molar-refractivity contribution in [2.24, 2.45) is 0 Å². The Hall–Kier alpha value is -2.83. The van der Waals surface area contributed by atoms with Crippen molar-refractivity contribution in [1.29, 1.82) is 0 Å². The Morgan fingerprint density at radius 3 is 2.57 bits per heavy atom. The number of phenols is 1. The Balaban J connectivity index is 1.61. The van der Waals surface area contributed by atoms with Crippen molar-refractivity contribution in [2.45, 2.75) is 51.9 Å². The molecule has 0 saturated heterocycles. The second-order valence-corrected chi connectivity index (χ2v) is 7.96. The molecule has 160 valence electrons. The van der Waals surface area contributed by atoms with Gasteiger partial charge in [-0.25, -0.2) is 0 Å². The number of alkyl halides is 3. The van der Waals surface area contributed by atoms with Crippen LogP contribution in [0.15, 0.2) is 42.0 Å². The van der Waals surface area contributed by atoms with Gasteiger partial charge in [-0.3, -0.25) is 0 Å². The standard InChI is InChI=1S/C23H24F3NO3/c1-14-4-3-5-16(10-14)21-20(28)11-15(2)19-12-27(13-29-22(19)21)17-6-8-18(9-7-17)30-23(24,25)26/h6-11,16,28H,3-5,12-13H2,1-2H3. The maximum atomic E-state index is 12.4. The number of benzene rings is 2. The first-order chi connectivity index (χ1) is 14.2. The third kappa shape index (κ3) is 4.20. The molecule has 0 saturated carbocycles. The molecular formula is C23H24F3NO3. The number of hydrogen-bond acceptors (Lipinski definition) is 4. The van der Waals surface area contributed by atoms with Crippen LogP contribution in [0.2, 0.25) is 0 Å². The highest BCUT2D eigenvalue weighted by atomic mass is 19.4. The van der Waals surface area contributed by atoms with Crippen LogP contribution in [0.3, 0.4) is 0 Å². The minimum Gasteiger partial charge on any atom is -0.507 e. The normalized spacial score (nSPS) is 19.0. The van der Waals surface area contributed by atoms with Crippen molar-refractivity contribution >= 4 is 5.69 Å². The van der Waals surface area contributed by atoms with E-state index in [2.05, 4.69) is 17.7 Å². The minimum absolute atomic E-state index is 0.124. The molecule has 2 aromatic rings. The molecule has 0 bridgehead atoms. The third-order valence-electron chi connectivity index (χ3n) is 5.72. The van der Waals surface area contributed by atoms with Gasteiger partial charge in [-0.2, -0.15) is 0 Å². The number of aromatic hydroxyl groups is 1. The van der Waals surface area contributed by atoms with Crippen molar-refractivity contribution in [3.63, 3.8) is 0 Å². The summed E-state index contributed by atoms with van der Waals surface area (Å²) in [5.74, 6) is 0.854. The molecule has 2 aromatic carbocycles. The molecule has 1 heterocycles. The number of anilines is 1. The fraction of sp³-hybridized carbons (Fsp3) is 0.391. The molecule has 7 heteroatoms. The molecule has 0 amide bonds. The highest BCUT2D eigenvalue weighted by Gasteiger charge is 2.32. The van der Waals surface area contributed by atoms with Crippen molar-refractivity contribution in [3.8, 4) is 17.2 Å². The van der Waals surface area contributed by atoms with E-state index < -0.39 is 6.36 Å². The Bertz CT molecular complexity index is 967. The second-order valence-electron chi connectivity index (χ2n) is 7.96. The summed E-state index contributed by atoms with van der Waals surface area (Å²) in [6, 6.07) is 7.53. The molecule has 2 aliphatic rings. The van der Waals surface area contributed by atoms with E-state index >= 15 is 0 Å². The lowest BCUT2D eigenvalue weighted by atomic mass is 9.83. The maximum Gasteiger partial charge on any atom is 0.573 e. The zero-order valence-electron chi connectivity index (χ0n) is 16.9. The minimum atomic E-state index is -4.71. The van der Waals surface area contributed by atoms with Gasteiger partial charge in [0.1, 0.15) is 17.2 Å². The molecule has 1 aliphatic carbocycles. The molecule has 0 radical (unpaired) electrons. The van der Waals surface area contributed by atoms with E-state index in [0.717, 1.165) is 47.4 Å². The fourth-order valence-electron chi connectivity index (χ4n) is 4.29. The number of hydrogen-bond donors (Lipinski definition) is 1. The number of rotatable bonds is 3. The van der Waals surface area contributed by atoms with E-state index in [9.17, 15) is 18.3 Å². The highest BCUT2D eigenvalue weighted by Crippen LogP contribution is 2.46. The fourth-order valence-corrected chi connectivity index (χ4v) is 4.29. The molecule has 30 heavy (non-hydrogen) atoms. The van der Waals surface area contributed by atoms with E-state index in [-0.39, 0.29) is 24.1 Å². The van der Waals surface area contributed by atoms with Gasteiger partial charge in [0.05, 0.1) is 6.54 Å². The quantitative estimate of drug-likeness (QED) is 0.604. The highest BCUT2D eigenvalue weighted by molar-refractivity contribution is 5.60. The first-order valence-electron chi connectivity index (χ1n) is 9.97. The van der Waals surface area contributed by atoms with Crippen LogP contribution in [0.25, 0.3) is 0 Å². The van der Waals surface area contributed by atoms with Gasteiger partial charge < -0.3 is 19.5 Å². The predicted octanol–water partition coefficient (Wildman–Crippen LogP) is 6.17. The Labute approximate surface area is 173 Å². The van der Waals surface area contributed by atoms with Crippen molar-refractivity contribution in [2.75, 3.05) is 11.6 Å². The van der Waals surface area contributed by atoms with Crippen LogP contribution in [0.4, 0.5) is 18.9 Å². The molecular weight excluding hydrogens is 395 g/mol. The van der Waals surface area contributed by atoms with Crippen LogP contribution < -0.4 is 14.4 Å². The van der Waals surface area contributed by atoms with Gasteiger partial charge in [-0.05, 0) is 69.0 Å². The Morgan fingerprint density at radius 1 is 1.17 bits per heavy atom. The van der Waals surface area contributed by atoms with Gasteiger partial charge in [0.15, 0.2) is 6.73 Å². The molecule has 0 aromatic heterocycles. The van der Waals surface area contributed by atoms with Crippen LogP contribution in [0.5, 0.6) is 17.2 Å². The van der Waals surface area contributed by atoms with Crippen molar-refractivity contribution in [1.82, 2.24) is 0 Å². The molecule has 1 atom stereocenters. The van der Waals surface area contributed by atoms with E-state index in [4.69, 9.17) is 4.74 Å². The monoisotopic (exact) mass is 419 g/mol. The Kier molecular flexibility index (Phi) is 5.30. The molecule has 4 nitrogen and oxygen atoms in total. The SMILES string of the molecule is CC1=CC(c2c(O)cc(C)c3c2OCN(c2ccc(OC(F)(F)F)cc2)C3)CCC1. The molecule has 1 N–H and O–H groups in total. The zero-order valence-corrected chi connectivity index (χ0v) is 16.9. The zero-order chi connectivity index (χ0) is 21.5. The molecule has 0 fully saturated rings. The number of allylic oxidation sites excluding steroid dienone is 2. The number of nitrogens with zero attached hydrogens (tertiary/aromatic N) is 1. The number of halogens is 3. The molecule has 1 aliphatic heterocycles. The van der Waals surface area contributed by atoms with Gasteiger partial charge in [0.25, 0.3) is 0 Å². The number of ether oxygens (including phenoxy) is 2. The summed E-state index contributed by atoms with van der Waals surface area (Å²) < 4.78 is 47.2. The summed E-state index contributed by atoms with van der Waals surface area (Å²) in [4.78, 5) is 1.94. The number of phenolic OH excluding ortho intramolecular Hbond substituents is 1. The van der Waals surface area contributed by atoms with Gasteiger partial charge in [0, 0.05) is 22.7 Å². The van der Waals surface area contributed by atoms with E-state index in [1.54, 1.807) is 18.2 Å². The van der Waals surface area contributed by atoms with Crippen molar-refractivity contribution in [3.05, 3.63) is 58.7 Å². The van der Waals surface area contributed by atoms with Gasteiger partial charge in [0.2, 0.25) is 0 Å². The lowest BCUT2D eigenvalue weighted by Gasteiger charge is -2.34. The summed E-state index contributed by atoms with van der Waals surface area (Å²) in [6.45, 7) is 4.83. The summed E-state index contributed by atoms with van der Waals surface area (Å²) in [7, 11) is 0. The Morgan fingerprint density at radius 2 is 1.90 bits per heavy atom. The van der Waals surface area contributed by atoms with Crippen LogP contribution >= 0.6 is 0 Å². The van der Waals surface area contributed by atoms with Gasteiger partial charge in [-0.1, -0.05) is 11.6 Å². The molecule has 4 rings (SSSR count). The number of aryl methyl sites for hydroxylation is 1. The summed E-state index contributed by atoms with van der Waals surface area (Å²) in [5.41, 5.74) is 4.80. The summed E-state index contributed by atoms with van der Waals surface area (Å²) >= 11 is 0. The molecule has 0 spiro atoms. The summed E-state index contributed by atoms with van der Waals surface area (Å²) in [6.07, 6.45) is 0.620. The van der Waals surface area contributed by atoms with Crippen LogP contribution in [0, 0.1) is 6.92 Å². The average molecular weight is 419 g/mol. The third-order valence-corrected chi connectivity index (χ3v) is 5.72. The lowest BCUT2D eigenvalue weighted by Crippen LogP contribution is -2.33. The first kappa shape index (κ1) is 20.4. The largest absolute Gasteiger partial charge is 0.573 e. The van der Waals surface area contributed by atoms with Crippen LogP contribution in [0.1, 0.15) is 48.8 Å². The first-order valence-corrected chi connectivity index (χ1v) is 9.97. The van der Waals surface area contributed by atoms with E-state index in [1.165, 1.54) is 17.7 Å². The summed E-state index contributed by atoms with van der Waals surface area (Å²) in [5, 5.41) is 10.7. The average Bonchev–Trinajstić information content (AvgIpc) is 2.67. The van der Waals surface area contributed by atoms with Crippen molar-refractivity contribution < 1.29 is 27.8 Å². The predicted molar refractivity (Wildman–Crippen MR) is 108 cm³/mol.